The van der Waals surface area contributed by atoms with E-state index in [4.69, 9.17) is 9.47 Å². The van der Waals surface area contributed by atoms with Gasteiger partial charge in [0.05, 0.1) is 13.7 Å². The molecule has 5 nitrogen and oxygen atoms in total. The molecule has 1 aliphatic rings. The third-order valence-electron chi connectivity index (χ3n) is 4.98. The lowest BCUT2D eigenvalue weighted by molar-refractivity contribution is -1.00. The van der Waals surface area contributed by atoms with E-state index in [1.807, 2.05) is 42.5 Å². The van der Waals surface area contributed by atoms with Crippen molar-refractivity contribution in [1.29, 1.82) is 0 Å². The topological polar surface area (TPSA) is 47.6 Å². The van der Waals surface area contributed by atoms with Gasteiger partial charge in [-0.25, -0.2) is 0 Å². The number of aliphatic hydroxyl groups excluding tert-OH is 1. The molecule has 1 saturated heterocycles. The van der Waals surface area contributed by atoms with Gasteiger partial charge in [-0.05, 0) is 18.2 Å². The average molecular weight is 415 g/mol. The van der Waals surface area contributed by atoms with Gasteiger partial charge in [-0.2, -0.15) is 0 Å². The van der Waals surface area contributed by atoms with Crippen molar-refractivity contribution in [2.24, 2.45) is 0 Å². The van der Waals surface area contributed by atoms with Crippen LogP contribution in [0.2, 0.25) is 0 Å². The van der Waals surface area contributed by atoms with Crippen LogP contribution in [0.1, 0.15) is 0 Å². The maximum absolute atomic E-state index is 9.79. The Labute approximate surface area is 173 Å². The van der Waals surface area contributed by atoms with Crippen molar-refractivity contribution in [3.63, 3.8) is 0 Å². The monoisotopic (exact) mass is 414 g/mol. The van der Waals surface area contributed by atoms with Gasteiger partial charge in [0.1, 0.15) is 44.6 Å². The molecule has 2 aromatic carbocycles. The third-order valence-corrected chi connectivity index (χ3v) is 4.98. The Morgan fingerprint density at radius 3 is 2.19 bits per heavy atom. The van der Waals surface area contributed by atoms with Crippen molar-refractivity contribution in [1.82, 2.24) is 0 Å². The Bertz CT molecular complexity index is 653. The summed E-state index contributed by atoms with van der Waals surface area (Å²) >= 11 is 0. The van der Waals surface area contributed by atoms with Crippen LogP contribution in [0.5, 0.6) is 11.5 Å². The molecule has 1 heterocycles. The maximum atomic E-state index is 9.79. The first-order valence-electron chi connectivity index (χ1n) is 8.93. The number of rotatable bonds is 7. The van der Waals surface area contributed by atoms with Gasteiger partial charge in [-0.1, -0.05) is 30.3 Å². The highest BCUT2D eigenvalue weighted by Crippen LogP contribution is 2.18. The largest absolute Gasteiger partial charge is 1.00 e. The number of para-hydroxylation sites is 3. The zero-order valence-corrected chi connectivity index (χ0v) is 17.0. The first-order valence-corrected chi connectivity index (χ1v) is 8.93. The highest BCUT2D eigenvalue weighted by atomic mass is 35.5. The number of nitrogens with one attached hydrogen (secondary N) is 2. The highest BCUT2D eigenvalue weighted by Gasteiger charge is 2.31. The molecule has 1 aliphatic heterocycles. The van der Waals surface area contributed by atoms with Crippen LogP contribution in [0, 0.1) is 0 Å². The first kappa shape index (κ1) is 23.5. The van der Waals surface area contributed by atoms with Gasteiger partial charge in [-0.15, -0.1) is 0 Å². The molecule has 2 aromatic rings. The lowest BCUT2D eigenvalue weighted by Crippen LogP contribution is -3.28. The molecule has 0 aromatic heterocycles. The van der Waals surface area contributed by atoms with Crippen LogP contribution >= 0.6 is 0 Å². The number of quaternary nitrogens is 2. The second kappa shape index (κ2) is 12.1. The molecule has 3 N–H and O–H groups in total. The molecule has 0 saturated carbocycles. The summed E-state index contributed by atoms with van der Waals surface area (Å²) in [5.74, 6) is 1.81. The Balaban J connectivity index is 0.00000182. The van der Waals surface area contributed by atoms with E-state index in [9.17, 15) is 5.11 Å². The first-order chi connectivity index (χ1) is 12.3. The highest BCUT2D eigenvalue weighted by molar-refractivity contribution is 5.45. The second-order valence-electron chi connectivity index (χ2n) is 6.47. The van der Waals surface area contributed by atoms with E-state index in [0.29, 0.717) is 6.61 Å². The summed E-state index contributed by atoms with van der Waals surface area (Å²) < 4.78 is 11.3. The lowest BCUT2D eigenvalue weighted by atomic mass is 10.2. The van der Waals surface area contributed by atoms with E-state index in [1.165, 1.54) is 15.5 Å². The maximum Gasteiger partial charge on any atom is 0.179 e. The molecule has 0 radical (unpaired) electrons. The number of benzene rings is 2. The zero-order chi connectivity index (χ0) is 17.5. The molecule has 0 bridgehead atoms. The molecule has 0 amide bonds. The van der Waals surface area contributed by atoms with Crippen LogP contribution in [-0.4, -0.2) is 57.7 Å². The minimum absolute atomic E-state index is 0. The number of ether oxygens (including phenoxy) is 2. The molecule has 150 valence electrons. The van der Waals surface area contributed by atoms with Crippen LogP contribution in [0.4, 0.5) is 5.69 Å². The van der Waals surface area contributed by atoms with Crippen LogP contribution in [-0.2, 0) is 0 Å². The number of halogens is 2. The number of aliphatic hydroxyl groups is 1. The van der Waals surface area contributed by atoms with Crippen molar-refractivity contribution < 1.29 is 49.2 Å². The number of hydrogen-bond acceptors (Lipinski definition) is 3. The van der Waals surface area contributed by atoms with Gasteiger partial charge < -0.3 is 44.3 Å². The van der Waals surface area contributed by atoms with Gasteiger partial charge >= 0.3 is 0 Å². The molecule has 0 aliphatic carbocycles. The van der Waals surface area contributed by atoms with Gasteiger partial charge in [-0.3, -0.25) is 4.90 Å². The molecule has 1 fully saturated rings. The van der Waals surface area contributed by atoms with Gasteiger partial charge in [0.2, 0.25) is 0 Å². The normalized spacial score (nSPS) is 19.9. The molecule has 27 heavy (non-hydrogen) atoms. The van der Waals surface area contributed by atoms with Crippen LogP contribution in [0.25, 0.3) is 0 Å². The minimum Gasteiger partial charge on any atom is -1.00 e. The molecular weight excluding hydrogens is 387 g/mol. The van der Waals surface area contributed by atoms with E-state index < -0.39 is 0 Å². The summed E-state index contributed by atoms with van der Waals surface area (Å²) in [5.41, 5.74) is 1.23. The summed E-state index contributed by atoms with van der Waals surface area (Å²) in [4.78, 5) is 2.86. The molecule has 1 atom stereocenters. The predicted molar refractivity (Wildman–Crippen MR) is 96.9 cm³/mol. The summed E-state index contributed by atoms with van der Waals surface area (Å²) in [6, 6.07) is 18.1. The number of hydrogen-bond donors (Lipinski definition) is 3. The van der Waals surface area contributed by atoms with Crippen molar-refractivity contribution in [2.75, 3.05) is 46.5 Å². The number of methoxy groups -OCH3 is 1. The van der Waals surface area contributed by atoms with Crippen molar-refractivity contribution in [3.8, 4) is 11.5 Å². The van der Waals surface area contributed by atoms with Crippen molar-refractivity contribution in [2.45, 2.75) is 6.04 Å². The lowest BCUT2D eigenvalue weighted by Gasteiger charge is -2.33. The molecule has 1 unspecified atom stereocenters. The van der Waals surface area contributed by atoms with E-state index >= 15 is 0 Å². The third kappa shape index (κ3) is 6.26. The fraction of sp³-hybridized carbons (Fsp3) is 0.400. The average Bonchev–Trinajstić information content (AvgIpc) is 2.70. The molecule has 0 spiro atoms. The van der Waals surface area contributed by atoms with E-state index in [0.717, 1.165) is 37.7 Å². The van der Waals surface area contributed by atoms with E-state index in [-0.39, 0.29) is 37.5 Å². The Morgan fingerprint density at radius 2 is 1.56 bits per heavy atom. The Morgan fingerprint density at radius 1 is 0.926 bits per heavy atom. The van der Waals surface area contributed by atoms with Gasteiger partial charge in [0, 0.05) is 6.07 Å². The molecule has 3 rings (SSSR count). The van der Waals surface area contributed by atoms with Crippen molar-refractivity contribution in [3.05, 3.63) is 54.6 Å². The van der Waals surface area contributed by atoms with Crippen LogP contribution < -0.4 is 44.1 Å². The summed E-state index contributed by atoms with van der Waals surface area (Å²) in [5, 5.41) is 9.79. The SMILES string of the molecule is COc1ccccc1[NH+]1CC[NH+](C(CO)COc2ccccc2)CC1.[Cl-].[Cl-]. The summed E-state index contributed by atoms with van der Waals surface area (Å²) in [6.07, 6.45) is 0. The Hall–Kier alpha value is -1.50. The standard InChI is InChI=1S/C20H26N2O3.2ClH/c1-24-20-10-6-5-9-19(20)22-13-11-21(12-14-22)17(15-23)16-25-18-7-3-2-4-8-18;;/h2-10,17,23H,11-16H2,1H3;2*1H. The Kier molecular flexibility index (Phi) is 10.5. The fourth-order valence-electron chi connectivity index (χ4n) is 3.50. The van der Waals surface area contributed by atoms with Crippen LogP contribution in [0.3, 0.4) is 0 Å². The van der Waals surface area contributed by atoms with Crippen molar-refractivity contribution >= 4 is 5.69 Å². The fourth-order valence-corrected chi connectivity index (χ4v) is 3.50. The molecular formula is C20H28Cl2N2O3. The van der Waals surface area contributed by atoms with Gasteiger partial charge in [0.25, 0.3) is 0 Å². The molecule has 7 heteroatoms. The van der Waals surface area contributed by atoms with Crippen LogP contribution in [0.15, 0.2) is 54.6 Å². The van der Waals surface area contributed by atoms with E-state index in [2.05, 4.69) is 12.1 Å². The minimum atomic E-state index is 0. The zero-order valence-electron chi connectivity index (χ0n) is 15.5. The second-order valence-corrected chi connectivity index (χ2v) is 6.47. The number of piperazine rings is 1. The quantitative estimate of drug-likeness (QED) is 0.422. The summed E-state index contributed by atoms with van der Waals surface area (Å²) in [6.45, 7) is 4.76. The summed E-state index contributed by atoms with van der Waals surface area (Å²) in [7, 11) is 1.72. The smallest absolute Gasteiger partial charge is 0.179 e. The predicted octanol–water partition coefficient (Wildman–Crippen LogP) is -6.44. The van der Waals surface area contributed by atoms with Gasteiger partial charge in [0.15, 0.2) is 11.4 Å². The van der Waals surface area contributed by atoms with E-state index in [1.54, 1.807) is 7.11 Å².